The number of hydrogen-bond acceptors (Lipinski definition) is 2. The van der Waals surface area contributed by atoms with Gasteiger partial charge in [-0.2, -0.15) is 0 Å². The summed E-state index contributed by atoms with van der Waals surface area (Å²) in [6.07, 6.45) is 3.51. The molecule has 3 rings (SSSR count). The summed E-state index contributed by atoms with van der Waals surface area (Å²) in [4.78, 5) is 26.9. The van der Waals surface area contributed by atoms with Crippen LogP contribution in [0.3, 0.4) is 0 Å². The molecule has 1 atom stereocenters. The third-order valence-electron chi connectivity index (χ3n) is 4.30. The first-order valence-electron chi connectivity index (χ1n) is 6.95. The van der Waals surface area contributed by atoms with Crippen LogP contribution in [0.1, 0.15) is 32.6 Å². The van der Waals surface area contributed by atoms with Gasteiger partial charge in [0.2, 0.25) is 5.91 Å². The zero-order chi connectivity index (χ0) is 14.3. The van der Waals surface area contributed by atoms with Crippen molar-refractivity contribution in [3.63, 3.8) is 0 Å². The first-order chi connectivity index (χ1) is 9.53. The summed E-state index contributed by atoms with van der Waals surface area (Å²) < 4.78 is 1.06. The highest BCUT2D eigenvalue weighted by Crippen LogP contribution is 2.36. The van der Waals surface area contributed by atoms with Gasteiger partial charge in [0.05, 0.1) is 0 Å². The van der Waals surface area contributed by atoms with Gasteiger partial charge in [-0.3, -0.25) is 14.5 Å². The molecule has 1 aliphatic heterocycles. The van der Waals surface area contributed by atoms with Crippen LogP contribution in [0.4, 0.5) is 5.69 Å². The summed E-state index contributed by atoms with van der Waals surface area (Å²) in [6, 6.07) is 7.31. The van der Waals surface area contributed by atoms with Crippen LogP contribution < -0.4 is 10.2 Å². The molecular weight excluding hydrogens is 367 g/mol. The van der Waals surface area contributed by atoms with Gasteiger partial charge in [-0.25, -0.2) is 0 Å². The van der Waals surface area contributed by atoms with Crippen LogP contribution in [0.2, 0.25) is 0 Å². The lowest BCUT2D eigenvalue weighted by Gasteiger charge is -2.43. The predicted molar refractivity (Wildman–Crippen MR) is 85.4 cm³/mol. The van der Waals surface area contributed by atoms with Crippen molar-refractivity contribution in [1.29, 1.82) is 0 Å². The highest BCUT2D eigenvalue weighted by Gasteiger charge is 2.51. The van der Waals surface area contributed by atoms with Crippen LogP contribution >= 0.6 is 22.6 Å². The van der Waals surface area contributed by atoms with Gasteiger partial charge in [-0.1, -0.05) is 18.9 Å². The minimum Gasteiger partial charge on any atom is -0.340 e. The van der Waals surface area contributed by atoms with Gasteiger partial charge in [-0.15, -0.1) is 0 Å². The Bertz CT molecular complexity index is 567. The van der Waals surface area contributed by atoms with E-state index >= 15 is 0 Å². The monoisotopic (exact) mass is 384 g/mol. The summed E-state index contributed by atoms with van der Waals surface area (Å²) in [5.41, 5.74) is 0.153. The Labute approximate surface area is 132 Å². The molecule has 1 spiro atoms. The maximum absolute atomic E-state index is 12.9. The van der Waals surface area contributed by atoms with E-state index in [0.29, 0.717) is 0 Å². The minimum atomic E-state index is -0.662. The van der Waals surface area contributed by atoms with E-state index in [4.69, 9.17) is 0 Å². The van der Waals surface area contributed by atoms with Crippen molar-refractivity contribution < 1.29 is 9.59 Å². The molecule has 106 valence electrons. The number of piperazine rings is 1. The van der Waals surface area contributed by atoms with Crippen molar-refractivity contribution in [2.45, 2.75) is 44.2 Å². The molecule has 1 saturated carbocycles. The van der Waals surface area contributed by atoms with Crippen molar-refractivity contribution in [1.82, 2.24) is 5.32 Å². The zero-order valence-electron chi connectivity index (χ0n) is 11.4. The molecule has 2 fully saturated rings. The average molecular weight is 384 g/mol. The second-order valence-corrected chi connectivity index (χ2v) is 6.86. The van der Waals surface area contributed by atoms with E-state index < -0.39 is 11.6 Å². The summed E-state index contributed by atoms with van der Waals surface area (Å²) in [7, 11) is 0. The second kappa shape index (κ2) is 5.02. The maximum atomic E-state index is 12.9. The van der Waals surface area contributed by atoms with E-state index in [2.05, 4.69) is 27.9 Å². The molecule has 2 aliphatic rings. The van der Waals surface area contributed by atoms with Crippen molar-refractivity contribution >= 4 is 40.1 Å². The molecule has 1 N–H and O–H groups in total. The van der Waals surface area contributed by atoms with E-state index in [0.717, 1.165) is 34.9 Å². The molecular formula is C15H17IN2O2. The molecule has 20 heavy (non-hydrogen) atoms. The number of anilines is 1. The van der Waals surface area contributed by atoms with Crippen molar-refractivity contribution in [2.24, 2.45) is 0 Å². The molecule has 1 aromatic carbocycles. The molecule has 1 saturated heterocycles. The zero-order valence-corrected chi connectivity index (χ0v) is 13.5. The number of rotatable bonds is 1. The summed E-state index contributed by atoms with van der Waals surface area (Å²) >= 11 is 2.22. The largest absolute Gasteiger partial charge is 0.340 e. The van der Waals surface area contributed by atoms with Gasteiger partial charge in [0.1, 0.15) is 11.6 Å². The Morgan fingerprint density at radius 1 is 1.30 bits per heavy atom. The van der Waals surface area contributed by atoms with E-state index in [1.807, 2.05) is 24.3 Å². The molecule has 1 unspecified atom stereocenters. The van der Waals surface area contributed by atoms with Gasteiger partial charge in [0.15, 0.2) is 0 Å². The third-order valence-corrected chi connectivity index (χ3v) is 4.97. The Kier molecular flexibility index (Phi) is 3.48. The normalized spacial score (nSPS) is 25.1. The third kappa shape index (κ3) is 2.12. The van der Waals surface area contributed by atoms with Crippen LogP contribution in [-0.4, -0.2) is 23.4 Å². The number of carbonyl (C=O) groups is 2. The van der Waals surface area contributed by atoms with Crippen molar-refractivity contribution in [2.75, 3.05) is 4.90 Å². The van der Waals surface area contributed by atoms with E-state index in [9.17, 15) is 9.59 Å². The summed E-state index contributed by atoms with van der Waals surface area (Å²) in [5.74, 6) is -0.00513. The predicted octanol–water partition coefficient (Wildman–Crippen LogP) is 2.46. The first-order valence-corrected chi connectivity index (χ1v) is 8.03. The number of halogens is 1. The molecule has 1 aromatic rings. The smallest absolute Gasteiger partial charge is 0.253 e. The highest BCUT2D eigenvalue weighted by atomic mass is 127. The quantitative estimate of drug-likeness (QED) is 0.757. The van der Waals surface area contributed by atoms with Gasteiger partial charge >= 0.3 is 0 Å². The van der Waals surface area contributed by atoms with Crippen LogP contribution in [0, 0.1) is 3.57 Å². The van der Waals surface area contributed by atoms with Crippen LogP contribution in [0.15, 0.2) is 24.3 Å². The van der Waals surface area contributed by atoms with E-state index in [1.54, 1.807) is 11.8 Å². The van der Waals surface area contributed by atoms with Gasteiger partial charge in [0, 0.05) is 9.26 Å². The van der Waals surface area contributed by atoms with E-state index in [1.165, 1.54) is 0 Å². The number of hydrogen-bond donors (Lipinski definition) is 1. The summed E-state index contributed by atoms with van der Waals surface area (Å²) in [5, 5.41) is 2.97. The molecule has 2 amide bonds. The van der Waals surface area contributed by atoms with Crippen LogP contribution in [0.5, 0.6) is 0 Å². The molecule has 0 bridgehead atoms. The van der Waals surface area contributed by atoms with Gasteiger partial charge in [0.25, 0.3) is 5.91 Å². The first kappa shape index (κ1) is 13.9. The molecule has 0 radical (unpaired) electrons. The lowest BCUT2D eigenvalue weighted by atomic mass is 9.90. The number of nitrogens with one attached hydrogen (secondary N) is 1. The average Bonchev–Trinajstić information content (AvgIpc) is 2.87. The number of benzene rings is 1. The van der Waals surface area contributed by atoms with Gasteiger partial charge in [-0.05, 0) is 60.6 Å². The fraction of sp³-hybridized carbons (Fsp3) is 0.467. The topological polar surface area (TPSA) is 49.4 Å². The summed E-state index contributed by atoms with van der Waals surface area (Å²) in [6.45, 7) is 1.79. The lowest BCUT2D eigenvalue weighted by Crippen LogP contribution is -2.69. The van der Waals surface area contributed by atoms with Crippen LogP contribution in [0.25, 0.3) is 0 Å². The standard InChI is InChI=1S/C15H17IN2O2/c1-10-13(19)17-15(7-2-3-8-15)14(20)18(10)12-6-4-5-11(16)9-12/h4-6,9-10H,2-3,7-8H2,1H3,(H,17,19). The minimum absolute atomic E-state index is 0.0455. The number of carbonyl (C=O) groups excluding carboxylic acids is 2. The van der Waals surface area contributed by atoms with Gasteiger partial charge < -0.3 is 5.32 Å². The van der Waals surface area contributed by atoms with Crippen LogP contribution in [-0.2, 0) is 9.59 Å². The molecule has 0 aromatic heterocycles. The Hall–Kier alpha value is -1.11. The Morgan fingerprint density at radius 3 is 2.65 bits per heavy atom. The Balaban J connectivity index is 2.03. The fourth-order valence-corrected chi connectivity index (χ4v) is 3.73. The Morgan fingerprint density at radius 2 is 2.00 bits per heavy atom. The SMILES string of the molecule is CC1C(=O)NC2(CCCC2)C(=O)N1c1cccc(I)c1. The van der Waals surface area contributed by atoms with Crippen molar-refractivity contribution in [3.8, 4) is 0 Å². The molecule has 1 heterocycles. The highest BCUT2D eigenvalue weighted by molar-refractivity contribution is 14.1. The number of amides is 2. The molecule has 1 aliphatic carbocycles. The van der Waals surface area contributed by atoms with Crippen molar-refractivity contribution in [3.05, 3.63) is 27.8 Å². The fourth-order valence-electron chi connectivity index (χ4n) is 3.20. The number of nitrogens with zero attached hydrogens (tertiary/aromatic N) is 1. The van der Waals surface area contributed by atoms with E-state index in [-0.39, 0.29) is 11.8 Å². The lowest BCUT2D eigenvalue weighted by molar-refractivity contribution is -0.137. The molecule has 4 nitrogen and oxygen atoms in total. The second-order valence-electron chi connectivity index (χ2n) is 5.61. The maximum Gasteiger partial charge on any atom is 0.253 e. The molecule has 5 heteroatoms.